The molecule has 2 heterocycles. The molecule has 21 heavy (non-hydrogen) atoms. The minimum absolute atomic E-state index is 0.301. The topological polar surface area (TPSA) is 36.6 Å². The Kier molecular flexibility index (Phi) is 4.42. The maximum atomic E-state index is 9.37. The highest BCUT2D eigenvalue weighted by Crippen LogP contribution is 2.27. The van der Waals surface area contributed by atoms with Crippen LogP contribution in [0.3, 0.4) is 0 Å². The SMILES string of the molecule is Cc1ccc(-c2ccccc2CN2CCC[C@@H](CO)C2)o1. The van der Waals surface area contributed by atoms with Crippen LogP contribution in [0.4, 0.5) is 0 Å². The summed E-state index contributed by atoms with van der Waals surface area (Å²) in [5.74, 6) is 2.31. The molecule has 0 spiro atoms. The highest BCUT2D eigenvalue weighted by Gasteiger charge is 2.20. The predicted molar refractivity (Wildman–Crippen MR) is 84.0 cm³/mol. The number of aliphatic hydroxyl groups excluding tert-OH is 1. The molecule has 2 aromatic rings. The second-order valence-electron chi connectivity index (χ2n) is 5.99. The van der Waals surface area contributed by atoms with Crippen molar-refractivity contribution < 1.29 is 9.52 Å². The molecule has 1 fully saturated rings. The monoisotopic (exact) mass is 285 g/mol. The molecule has 1 aromatic carbocycles. The zero-order chi connectivity index (χ0) is 14.7. The lowest BCUT2D eigenvalue weighted by molar-refractivity contribution is 0.116. The Balaban J connectivity index is 1.79. The van der Waals surface area contributed by atoms with Gasteiger partial charge in [0, 0.05) is 25.3 Å². The van der Waals surface area contributed by atoms with Crippen LogP contribution in [-0.4, -0.2) is 29.7 Å². The molecular weight excluding hydrogens is 262 g/mol. The van der Waals surface area contributed by atoms with Crippen molar-refractivity contribution in [1.29, 1.82) is 0 Å². The van der Waals surface area contributed by atoms with Crippen LogP contribution in [0.25, 0.3) is 11.3 Å². The van der Waals surface area contributed by atoms with E-state index in [1.807, 2.05) is 19.1 Å². The summed E-state index contributed by atoms with van der Waals surface area (Å²) in [7, 11) is 0. The highest BCUT2D eigenvalue weighted by molar-refractivity contribution is 5.62. The first-order valence-corrected chi connectivity index (χ1v) is 7.74. The molecule has 0 unspecified atom stereocenters. The molecule has 3 heteroatoms. The van der Waals surface area contributed by atoms with E-state index in [9.17, 15) is 5.11 Å². The normalized spacial score (nSPS) is 19.8. The van der Waals surface area contributed by atoms with Crippen LogP contribution >= 0.6 is 0 Å². The minimum Gasteiger partial charge on any atom is -0.461 e. The van der Waals surface area contributed by atoms with Crippen LogP contribution in [-0.2, 0) is 6.54 Å². The molecule has 1 aromatic heterocycles. The van der Waals surface area contributed by atoms with Gasteiger partial charge >= 0.3 is 0 Å². The molecule has 1 aliphatic heterocycles. The van der Waals surface area contributed by atoms with E-state index in [0.29, 0.717) is 12.5 Å². The van der Waals surface area contributed by atoms with Crippen LogP contribution in [0, 0.1) is 12.8 Å². The van der Waals surface area contributed by atoms with Crippen molar-refractivity contribution in [2.45, 2.75) is 26.3 Å². The largest absolute Gasteiger partial charge is 0.461 e. The fourth-order valence-corrected chi connectivity index (χ4v) is 3.16. The van der Waals surface area contributed by atoms with Crippen LogP contribution in [0.1, 0.15) is 24.2 Å². The van der Waals surface area contributed by atoms with Crippen molar-refractivity contribution in [2.24, 2.45) is 5.92 Å². The fourth-order valence-electron chi connectivity index (χ4n) is 3.16. The lowest BCUT2D eigenvalue weighted by atomic mass is 9.97. The van der Waals surface area contributed by atoms with Gasteiger partial charge in [-0.1, -0.05) is 24.3 Å². The highest BCUT2D eigenvalue weighted by atomic mass is 16.3. The van der Waals surface area contributed by atoms with Gasteiger partial charge < -0.3 is 9.52 Å². The Morgan fingerprint density at radius 3 is 2.86 bits per heavy atom. The van der Waals surface area contributed by atoms with Gasteiger partial charge in [-0.2, -0.15) is 0 Å². The number of hydrogen-bond donors (Lipinski definition) is 1. The van der Waals surface area contributed by atoms with Gasteiger partial charge in [-0.25, -0.2) is 0 Å². The Bertz CT molecular complexity index is 590. The number of benzene rings is 1. The first-order valence-electron chi connectivity index (χ1n) is 7.74. The van der Waals surface area contributed by atoms with Gasteiger partial charge in [0.2, 0.25) is 0 Å². The average molecular weight is 285 g/mol. The molecule has 1 aliphatic rings. The molecule has 0 aliphatic carbocycles. The zero-order valence-corrected chi connectivity index (χ0v) is 12.6. The lowest BCUT2D eigenvalue weighted by Crippen LogP contribution is -2.36. The van der Waals surface area contributed by atoms with Crippen molar-refractivity contribution in [3.8, 4) is 11.3 Å². The number of hydrogen-bond acceptors (Lipinski definition) is 3. The number of aliphatic hydroxyl groups is 1. The zero-order valence-electron chi connectivity index (χ0n) is 12.6. The maximum Gasteiger partial charge on any atom is 0.134 e. The summed E-state index contributed by atoms with van der Waals surface area (Å²) in [5, 5.41) is 9.37. The third kappa shape index (κ3) is 3.36. The number of piperidine rings is 1. The van der Waals surface area contributed by atoms with E-state index in [2.05, 4.69) is 29.2 Å². The number of likely N-dealkylation sites (tertiary alicyclic amines) is 1. The fraction of sp³-hybridized carbons (Fsp3) is 0.444. The van der Waals surface area contributed by atoms with Gasteiger partial charge in [-0.3, -0.25) is 4.90 Å². The summed E-state index contributed by atoms with van der Waals surface area (Å²) in [6.07, 6.45) is 2.32. The summed E-state index contributed by atoms with van der Waals surface area (Å²) < 4.78 is 5.78. The first kappa shape index (κ1) is 14.4. The molecule has 1 N–H and O–H groups in total. The van der Waals surface area contributed by atoms with Crippen molar-refractivity contribution >= 4 is 0 Å². The Hall–Kier alpha value is -1.58. The second-order valence-corrected chi connectivity index (χ2v) is 5.99. The van der Waals surface area contributed by atoms with Crippen LogP contribution in [0.5, 0.6) is 0 Å². The van der Waals surface area contributed by atoms with Gasteiger partial charge in [-0.05, 0) is 49.9 Å². The molecule has 0 bridgehead atoms. The van der Waals surface area contributed by atoms with Crippen molar-refractivity contribution in [3.63, 3.8) is 0 Å². The van der Waals surface area contributed by atoms with Gasteiger partial charge in [0.05, 0.1) is 0 Å². The van der Waals surface area contributed by atoms with E-state index in [1.165, 1.54) is 17.5 Å². The molecule has 0 amide bonds. The Labute approximate surface area is 126 Å². The third-order valence-corrected chi connectivity index (χ3v) is 4.28. The number of aryl methyl sites for hydroxylation is 1. The van der Waals surface area contributed by atoms with E-state index in [-0.39, 0.29) is 0 Å². The van der Waals surface area contributed by atoms with E-state index in [1.54, 1.807) is 0 Å². The van der Waals surface area contributed by atoms with E-state index in [4.69, 9.17) is 4.42 Å². The number of furan rings is 1. The standard InChI is InChI=1S/C18H23NO2/c1-14-8-9-18(21-14)17-7-3-2-6-16(17)12-19-10-4-5-15(11-19)13-20/h2-3,6-9,15,20H,4-5,10-13H2,1H3/t15-/m1/s1. The predicted octanol–water partition coefficient (Wildman–Crippen LogP) is 3.46. The lowest BCUT2D eigenvalue weighted by Gasteiger charge is -2.32. The first-order chi connectivity index (χ1) is 10.3. The Morgan fingerprint density at radius 2 is 2.10 bits per heavy atom. The average Bonchev–Trinajstić information content (AvgIpc) is 2.94. The minimum atomic E-state index is 0.301. The van der Waals surface area contributed by atoms with Gasteiger partial charge in [0.25, 0.3) is 0 Å². The molecular formula is C18H23NO2. The van der Waals surface area contributed by atoms with Crippen molar-refractivity contribution in [1.82, 2.24) is 4.90 Å². The summed E-state index contributed by atoms with van der Waals surface area (Å²) in [4.78, 5) is 2.44. The van der Waals surface area contributed by atoms with Gasteiger partial charge in [-0.15, -0.1) is 0 Å². The maximum absolute atomic E-state index is 9.37. The summed E-state index contributed by atoms with van der Waals surface area (Å²) in [5.41, 5.74) is 2.47. The smallest absolute Gasteiger partial charge is 0.134 e. The second kappa shape index (κ2) is 6.46. The molecule has 1 saturated heterocycles. The molecule has 3 rings (SSSR count). The van der Waals surface area contributed by atoms with Crippen LogP contribution in [0.15, 0.2) is 40.8 Å². The van der Waals surface area contributed by atoms with Crippen LogP contribution in [0.2, 0.25) is 0 Å². The van der Waals surface area contributed by atoms with E-state index >= 15 is 0 Å². The summed E-state index contributed by atoms with van der Waals surface area (Å²) in [6.45, 7) is 5.30. The Morgan fingerprint density at radius 1 is 1.24 bits per heavy atom. The van der Waals surface area contributed by atoms with Crippen molar-refractivity contribution in [2.75, 3.05) is 19.7 Å². The quantitative estimate of drug-likeness (QED) is 0.934. The van der Waals surface area contributed by atoms with E-state index in [0.717, 1.165) is 37.6 Å². The summed E-state index contributed by atoms with van der Waals surface area (Å²) >= 11 is 0. The van der Waals surface area contributed by atoms with E-state index < -0.39 is 0 Å². The molecule has 1 atom stereocenters. The molecule has 112 valence electrons. The number of nitrogens with zero attached hydrogens (tertiary/aromatic N) is 1. The number of rotatable bonds is 4. The van der Waals surface area contributed by atoms with Crippen LogP contribution < -0.4 is 0 Å². The molecule has 3 nitrogen and oxygen atoms in total. The molecule has 0 saturated carbocycles. The third-order valence-electron chi connectivity index (χ3n) is 4.28. The summed E-state index contributed by atoms with van der Waals surface area (Å²) in [6, 6.07) is 12.5. The van der Waals surface area contributed by atoms with Gasteiger partial charge in [0.1, 0.15) is 11.5 Å². The van der Waals surface area contributed by atoms with Crippen molar-refractivity contribution in [3.05, 3.63) is 47.7 Å². The van der Waals surface area contributed by atoms with Gasteiger partial charge in [0.15, 0.2) is 0 Å². The molecule has 0 radical (unpaired) electrons.